The van der Waals surface area contributed by atoms with Crippen molar-refractivity contribution in [3.8, 4) is 5.75 Å². The first kappa shape index (κ1) is 18.9. The van der Waals surface area contributed by atoms with E-state index in [0.29, 0.717) is 13.0 Å². The SMILES string of the molecule is CCOc1ccccc1C(c1nc2ccccc2s1)N1CCCCC1C(=O)O. The van der Waals surface area contributed by atoms with Crippen LogP contribution in [0.3, 0.4) is 0 Å². The molecule has 2 atom stereocenters. The van der Waals surface area contributed by atoms with Crippen LogP contribution in [0.4, 0.5) is 0 Å². The molecule has 0 saturated carbocycles. The van der Waals surface area contributed by atoms with E-state index in [1.165, 1.54) is 0 Å². The third kappa shape index (κ3) is 3.62. The van der Waals surface area contributed by atoms with Crippen molar-refractivity contribution in [1.82, 2.24) is 9.88 Å². The number of nitrogens with zero attached hydrogens (tertiary/aromatic N) is 2. The summed E-state index contributed by atoms with van der Waals surface area (Å²) in [6.45, 7) is 3.26. The number of carboxylic acids is 1. The quantitative estimate of drug-likeness (QED) is 0.653. The number of aliphatic carboxylic acids is 1. The predicted octanol–water partition coefficient (Wildman–Crippen LogP) is 4.72. The van der Waals surface area contributed by atoms with E-state index in [0.717, 1.165) is 45.9 Å². The van der Waals surface area contributed by atoms with Gasteiger partial charge in [-0.15, -0.1) is 11.3 Å². The number of para-hydroxylation sites is 2. The lowest BCUT2D eigenvalue weighted by Gasteiger charge is -2.38. The van der Waals surface area contributed by atoms with Gasteiger partial charge >= 0.3 is 5.97 Å². The largest absolute Gasteiger partial charge is 0.494 e. The molecule has 0 radical (unpaired) electrons. The van der Waals surface area contributed by atoms with Gasteiger partial charge in [0.15, 0.2) is 0 Å². The van der Waals surface area contributed by atoms with Gasteiger partial charge in [-0.3, -0.25) is 9.69 Å². The van der Waals surface area contributed by atoms with Gasteiger partial charge in [0.05, 0.1) is 22.9 Å². The number of thiazole rings is 1. The molecule has 1 aromatic heterocycles. The molecule has 2 heterocycles. The number of hydrogen-bond acceptors (Lipinski definition) is 5. The summed E-state index contributed by atoms with van der Waals surface area (Å²) >= 11 is 1.63. The lowest BCUT2D eigenvalue weighted by atomic mass is 9.96. The second-order valence-electron chi connectivity index (χ2n) is 6.98. The van der Waals surface area contributed by atoms with Gasteiger partial charge in [-0.25, -0.2) is 4.98 Å². The van der Waals surface area contributed by atoms with E-state index in [1.54, 1.807) is 11.3 Å². The second kappa shape index (κ2) is 8.29. The standard InChI is InChI=1S/C22H24N2O3S/c1-2-27-18-12-5-3-9-15(18)20(24-14-8-7-11-17(24)22(25)26)21-23-16-10-4-6-13-19(16)28-21/h3-6,9-10,12-13,17,20H,2,7-8,11,14H2,1H3,(H,25,26). The predicted molar refractivity (Wildman–Crippen MR) is 111 cm³/mol. The van der Waals surface area contributed by atoms with Gasteiger partial charge in [-0.2, -0.15) is 0 Å². The number of likely N-dealkylation sites (tertiary alicyclic amines) is 1. The Morgan fingerprint density at radius 3 is 2.82 bits per heavy atom. The maximum absolute atomic E-state index is 12.0. The van der Waals surface area contributed by atoms with Gasteiger partial charge < -0.3 is 9.84 Å². The van der Waals surface area contributed by atoms with Crippen LogP contribution in [0.25, 0.3) is 10.2 Å². The van der Waals surface area contributed by atoms with Crippen molar-refractivity contribution in [1.29, 1.82) is 0 Å². The molecule has 0 aliphatic carbocycles. The van der Waals surface area contributed by atoms with Crippen molar-refractivity contribution in [3.63, 3.8) is 0 Å². The van der Waals surface area contributed by atoms with Crippen LogP contribution in [-0.4, -0.2) is 40.2 Å². The first-order valence-corrected chi connectivity index (χ1v) is 10.6. The highest BCUT2D eigenvalue weighted by molar-refractivity contribution is 7.18. The lowest BCUT2D eigenvalue weighted by Crippen LogP contribution is -2.46. The zero-order chi connectivity index (χ0) is 19.5. The number of rotatable bonds is 6. The Hall–Kier alpha value is -2.44. The minimum absolute atomic E-state index is 0.235. The Balaban J connectivity index is 1.86. The molecule has 146 valence electrons. The highest BCUT2D eigenvalue weighted by Crippen LogP contribution is 2.41. The van der Waals surface area contributed by atoms with Crippen molar-refractivity contribution in [3.05, 3.63) is 59.1 Å². The molecular formula is C22H24N2O3S. The first-order valence-electron chi connectivity index (χ1n) is 9.74. The summed E-state index contributed by atoms with van der Waals surface area (Å²) in [5.74, 6) is 0.0312. The Morgan fingerprint density at radius 2 is 2.04 bits per heavy atom. The number of fused-ring (bicyclic) bond motifs is 1. The molecule has 6 heteroatoms. The van der Waals surface area contributed by atoms with Gasteiger partial charge in [0.25, 0.3) is 0 Å². The van der Waals surface area contributed by atoms with E-state index < -0.39 is 12.0 Å². The minimum Gasteiger partial charge on any atom is -0.494 e. The summed E-state index contributed by atoms with van der Waals surface area (Å²) in [4.78, 5) is 19.0. The van der Waals surface area contributed by atoms with E-state index in [-0.39, 0.29) is 6.04 Å². The molecule has 0 bridgehead atoms. The maximum atomic E-state index is 12.0. The fraction of sp³-hybridized carbons (Fsp3) is 0.364. The molecular weight excluding hydrogens is 372 g/mol. The maximum Gasteiger partial charge on any atom is 0.320 e. The highest BCUT2D eigenvalue weighted by atomic mass is 32.1. The Bertz CT molecular complexity index is 938. The monoisotopic (exact) mass is 396 g/mol. The van der Waals surface area contributed by atoms with Crippen LogP contribution in [0.1, 0.15) is 42.8 Å². The molecule has 0 spiro atoms. The molecule has 1 aliphatic heterocycles. The summed E-state index contributed by atoms with van der Waals surface area (Å²) in [7, 11) is 0. The molecule has 2 aromatic carbocycles. The Morgan fingerprint density at radius 1 is 1.25 bits per heavy atom. The van der Waals surface area contributed by atoms with Crippen LogP contribution < -0.4 is 4.74 Å². The van der Waals surface area contributed by atoms with E-state index in [1.807, 2.05) is 49.4 Å². The summed E-state index contributed by atoms with van der Waals surface area (Å²) in [5.41, 5.74) is 1.93. The molecule has 5 nitrogen and oxygen atoms in total. The topological polar surface area (TPSA) is 62.7 Å². The van der Waals surface area contributed by atoms with Crippen molar-refractivity contribution in [2.45, 2.75) is 38.3 Å². The van der Waals surface area contributed by atoms with Crippen molar-refractivity contribution in [2.24, 2.45) is 0 Å². The van der Waals surface area contributed by atoms with Crippen molar-refractivity contribution in [2.75, 3.05) is 13.2 Å². The lowest BCUT2D eigenvalue weighted by molar-refractivity contribution is -0.145. The number of hydrogen-bond donors (Lipinski definition) is 1. The molecule has 0 amide bonds. The van der Waals surface area contributed by atoms with Crippen LogP contribution in [0.15, 0.2) is 48.5 Å². The van der Waals surface area contributed by atoms with Crippen molar-refractivity contribution >= 4 is 27.5 Å². The number of piperidine rings is 1. The van der Waals surface area contributed by atoms with E-state index in [9.17, 15) is 9.90 Å². The van der Waals surface area contributed by atoms with Gasteiger partial charge in [0.2, 0.25) is 0 Å². The molecule has 1 saturated heterocycles. The summed E-state index contributed by atoms with van der Waals surface area (Å²) in [5, 5.41) is 10.8. The first-order chi connectivity index (χ1) is 13.7. The van der Waals surface area contributed by atoms with Crippen LogP contribution in [0, 0.1) is 0 Å². The molecule has 4 rings (SSSR count). The average molecular weight is 397 g/mol. The van der Waals surface area contributed by atoms with Gasteiger partial charge in [0, 0.05) is 12.1 Å². The molecule has 3 aromatic rings. The van der Waals surface area contributed by atoms with Crippen LogP contribution >= 0.6 is 11.3 Å². The second-order valence-corrected chi connectivity index (χ2v) is 8.04. The Labute approximate surface area is 168 Å². The molecule has 28 heavy (non-hydrogen) atoms. The highest BCUT2D eigenvalue weighted by Gasteiger charge is 2.37. The molecule has 1 N–H and O–H groups in total. The summed E-state index contributed by atoms with van der Waals surface area (Å²) < 4.78 is 7.01. The third-order valence-corrected chi connectivity index (χ3v) is 6.31. The van der Waals surface area contributed by atoms with Crippen LogP contribution in [0.5, 0.6) is 5.75 Å². The zero-order valence-corrected chi connectivity index (χ0v) is 16.7. The van der Waals surface area contributed by atoms with E-state index in [4.69, 9.17) is 9.72 Å². The van der Waals surface area contributed by atoms with E-state index in [2.05, 4.69) is 11.0 Å². The summed E-state index contributed by atoms with van der Waals surface area (Å²) in [6, 6.07) is 15.2. The normalized spacial score (nSPS) is 18.8. The third-order valence-electron chi connectivity index (χ3n) is 5.22. The van der Waals surface area contributed by atoms with Gasteiger partial charge in [-0.1, -0.05) is 36.8 Å². The number of aromatic nitrogens is 1. The van der Waals surface area contributed by atoms with Crippen LogP contribution in [-0.2, 0) is 4.79 Å². The average Bonchev–Trinajstić information content (AvgIpc) is 3.13. The molecule has 1 aliphatic rings. The van der Waals surface area contributed by atoms with Crippen molar-refractivity contribution < 1.29 is 14.6 Å². The van der Waals surface area contributed by atoms with Gasteiger partial charge in [0.1, 0.15) is 16.8 Å². The van der Waals surface area contributed by atoms with E-state index >= 15 is 0 Å². The molecule has 2 unspecified atom stereocenters. The number of benzene rings is 2. The fourth-order valence-corrected chi connectivity index (χ4v) is 5.09. The number of carbonyl (C=O) groups is 1. The number of ether oxygens (including phenoxy) is 1. The van der Waals surface area contributed by atoms with Gasteiger partial charge in [-0.05, 0) is 38.0 Å². The Kier molecular flexibility index (Phi) is 5.59. The fourth-order valence-electron chi connectivity index (χ4n) is 3.98. The smallest absolute Gasteiger partial charge is 0.320 e. The zero-order valence-electron chi connectivity index (χ0n) is 15.9. The number of carboxylic acid groups (broad SMARTS) is 1. The molecule has 1 fully saturated rings. The summed E-state index contributed by atoms with van der Waals surface area (Å²) in [6.07, 6.45) is 2.59. The minimum atomic E-state index is -0.764. The van der Waals surface area contributed by atoms with Crippen LogP contribution in [0.2, 0.25) is 0 Å².